The van der Waals surface area contributed by atoms with Crippen LogP contribution in [0.3, 0.4) is 0 Å². The summed E-state index contributed by atoms with van der Waals surface area (Å²) < 4.78 is 2.00. The molecule has 21 heavy (non-hydrogen) atoms. The van der Waals surface area contributed by atoms with Gasteiger partial charge in [0.05, 0.1) is 0 Å². The van der Waals surface area contributed by atoms with Crippen LogP contribution in [-0.2, 0) is 20.0 Å². The molecule has 0 radical (unpaired) electrons. The van der Waals surface area contributed by atoms with Gasteiger partial charge in [0.25, 0.3) is 0 Å². The summed E-state index contributed by atoms with van der Waals surface area (Å²) in [6, 6.07) is 8.77. The maximum atomic E-state index is 2.37. The van der Waals surface area contributed by atoms with E-state index >= 15 is 0 Å². The van der Waals surface area contributed by atoms with E-state index in [2.05, 4.69) is 64.1 Å². The molecule has 0 saturated carbocycles. The molecule has 2 unspecified atom stereocenters. The third-order valence-electron chi connectivity index (χ3n) is 4.84. The first-order chi connectivity index (χ1) is 10.0. The molecule has 1 aromatic carbocycles. The fourth-order valence-corrected chi connectivity index (χ4v) is 3.42. The average molecular weight is 312 g/mol. The fourth-order valence-electron chi connectivity index (χ4n) is 3.42. The molecule has 0 fully saturated rings. The quantitative estimate of drug-likeness (QED) is 0.604. The Morgan fingerprint density at radius 3 is 2.24 bits per heavy atom. The van der Waals surface area contributed by atoms with Crippen LogP contribution in [0.25, 0.3) is 6.08 Å². The number of fused-ring (bicyclic) bond motifs is 1. The van der Waals surface area contributed by atoms with E-state index in [-0.39, 0.29) is 0 Å². The van der Waals surface area contributed by atoms with Crippen LogP contribution >= 0.6 is 0 Å². The van der Waals surface area contributed by atoms with Crippen molar-refractivity contribution >= 4 is 10.4 Å². The molecule has 0 spiro atoms. The molecular formula is C20H24Ti. The molecule has 0 aliphatic heterocycles. The Morgan fingerprint density at radius 2 is 1.67 bits per heavy atom. The number of benzene rings is 1. The molecule has 2 aliphatic carbocycles. The van der Waals surface area contributed by atoms with Crippen molar-refractivity contribution in [3.05, 3.63) is 63.8 Å². The van der Waals surface area contributed by atoms with Crippen molar-refractivity contribution in [2.75, 3.05) is 0 Å². The molecule has 0 aromatic heterocycles. The van der Waals surface area contributed by atoms with Gasteiger partial charge in [0.15, 0.2) is 0 Å². The molecule has 0 saturated heterocycles. The molecular weight excluding hydrogens is 288 g/mol. The topological polar surface area (TPSA) is 0 Å². The van der Waals surface area contributed by atoms with Gasteiger partial charge in [0.2, 0.25) is 0 Å². The number of allylic oxidation sites excluding steroid dienone is 5. The SMILES string of the molecule is CC1=C(C)C(C)C(C2C=Cc3ccccc32)=C1C.C[CH]=[Ti]. The molecule has 2 aliphatic rings. The van der Waals surface area contributed by atoms with E-state index in [1.165, 1.54) is 22.3 Å². The van der Waals surface area contributed by atoms with Crippen LogP contribution in [0.2, 0.25) is 0 Å². The standard InChI is InChI=1S/C18H20.C2H4.Ti/c1-11-12(2)14(4)18(13(11)3)17-10-9-15-7-5-6-8-16(15)17;1-2;/h5-10,13,17H,1-4H3;1H,2H3;. The molecule has 0 bridgehead atoms. The van der Waals surface area contributed by atoms with Crippen LogP contribution in [0.4, 0.5) is 0 Å². The molecule has 0 nitrogen and oxygen atoms in total. The summed E-state index contributed by atoms with van der Waals surface area (Å²) >= 11 is 2.00. The third-order valence-corrected chi connectivity index (χ3v) is 4.84. The van der Waals surface area contributed by atoms with Crippen molar-refractivity contribution in [1.82, 2.24) is 0 Å². The zero-order valence-electron chi connectivity index (χ0n) is 13.7. The second-order valence-electron chi connectivity index (χ2n) is 5.86. The van der Waals surface area contributed by atoms with Crippen molar-refractivity contribution in [2.45, 2.75) is 40.5 Å². The number of hydrogen-bond acceptors (Lipinski definition) is 0. The van der Waals surface area contributed by atoms with Crippen LogP contribution in [-0.4, -0.2) is 4.31 Å². The summed E-state index contributed by atoms with van der Waals surface area (Å²) in [5, 5.41) is 0. The van der Waals surface area contributed by atoms with Crippen LogP contribution in [0.15, 0.2) is 52.6 Å². The molecule has 1 heteroatoms. The summed E-state index contributed by atoms with van der Waals surface area (Å²) in [5.41, 5.74) is 9.01. The summed E-state index contributed by atoms with van der Waals surface area (Å²) in [4.78, 5) is 0. The molecule has 2 atom stereocenters. The molecule has 1 aromatic rings. The van der Waals surface area contributed by atoms with Gasteiger partial charge in [0.1, 0.15) is 0 Å². The fraction of sp³-hybridized carbons (Fsp3) is 0.350. The van der Waals surface area contributed by atoms with E-state index in [0.29, 0.717) is 11.8 Å². The Labute approximate surface area is 140 Å². The first kappa shape index (κ1) is 16.4. The molecule has 3 rings (SSSR count). The Kier molecular flexibility index (Phi) is 5.35. The summed E-state index contributed by atoms with van der Waals surface area (Å²) in [6.07, 6.45) is 4.64. The normalized spacial score (nSPS) is 23.0. The van der Waals surface area contributed by atoms with Crippen molar-refractivity contribution < 1.29 is 20.0 Å². The molecule has 108 valence electrons. The number of rotatable bonds is 1. The predicted octanol–water partition coefficient (Wildman–Crippen LogP) is 5.45. The second kappa shape index (κ2) is 6.86. The molecule has 0 N–H and O–H groups in total. The van der Waals surface area contributed by atoms with Crippen LogP contribution in [0.1, 0.15) is 51.7 Å². The van der Waals surface area contributed by atoms with Gasteiger partial charge in [-0.25, -0.2) is 0 Å². The maximum absolute atomic E-state index is 2.37. The minimum atomic E-state index is 0.489. The van der Waals surface area contributed by atoms with Crippen LogP contribution in [0.5, 0.6) is 0 Å². The van der Waals surface area contributed by atoms with Crippen molar-refractivity contribution in [3.63, 3.8) is 0 Å². The van der Waals surface area contributed by atoms with Gasteiger partial charge in [-0.3, -0.25) is 0 Å². The van der Waals surface area contributed by atoms with Crippen LogP contribution < -0.4 is 0 Å². The van der Waals surface area contributed by atoms with E-state index in [1.54, 1.807) is 11.1 Å². The first-order valence-corrected chi connectivity index (χ1v) is 8.53. The minimum absolute atomic E-state index is 0.489. The van der Waals surface area contributed by atoms with E-state index in [4.69, 9.17) is 0 Å². The zero-order valence-corrected chi connectivity index (χ0v) is 15.3. The first-order valence-electron chi connectivity index (χ1n) is 7.63. The van der Waals surface area contributed by atoms with Gasteiger partial charge in [-0.15, -0.1) is 0 Å². The van der Waals surface area contributed by atoms with Crippen molar-refractivity contribution in [3.8, 4) is 0 Å². The summed E-state index contributed by atoms with van der Waals surface area (Å²) in [7, 11) is 0. The molecule has 0 heterocycles. The van der Waals surface area contributed by atoms with Gasteiger partial charge in [-0.05, 0) is 54.5 Å². The van der Waals surface area contributed by atoms with Crippen molar-refractivity contribution in [1.29, 1.82) is 0 Å². The van der Waals surface area contributed by atoms with Crippen LogP contribution in [0, 0.1) is 5.92 Å². The Balaban J connectivity index is 0.000000497. The van der Waals surface area contributed by atoms with Gasteiger partial charge < -0.3 is 0 Å². The van der Waals surface area contributed by atoms with E-state index < -0.39 is 0 Å². The Morgan fingerprint density at radius 1 is 1.05 bits per heavy atom. The van der Waals surface area contributed by atoms with Gasteiger partial charge >= 0.3 is 31.2 Å². The monoisotopic (exact) mass is 312 g/mol. The number of hydrogen-bond donors (Lipinski definition) is 0. The van der Waals surface area contributed by atoms with E-state index in [0.717, 1.165) is 0 Å². The van der Waals surface area contributed by atoms with Crippen molar-refractivity contribution in [2.24, 2.45) is 5.92 Å². The summed E-state index contributed by atoms with van der Waals surface area (Å²) in [5.74, 6) is 1.08. The Hall–Kier alpha value is -0.976. The Bertz CT molecular complexity index is 644. The second-order valence-corrected chi connectivity index (χ2v) is 6.77. The van der Waals surface area contributed by atoms with E-state index in [9.17, 15) is 0 Å². The van der Waals surface area contributed by atoms with Gasteiger partial charge in [0, 0.05) is 5.92 Å². The van der Waals surface area contributed by atoms with E-state index in [1.807, 2.05) is 31.2 Å². The van der Waals surface area contributed by atoms with Gasteiger partial charge in [-0.2, -0.15) is 0 Å². The molecule has 0 amide bonds. The average Bonchev–Trinajstić information content (AvgIpc) is 2.97. The predicted molar refractivity (Wildman–Crippen MR) is 90.2 cm³/mol. The zero-order chi connectivity index (χ0) is 15.6. The third kappa shape index (κ3) is 2.98. The van der Waals surface area contributed by atoms with Gasteiger partial charge in [-0.1, -0.05) is 48.9 Å². The summed E-state index contributed by atoms with van der Waals surface area (Å²) in [6.45, 7) is 11.2.